The van der Waals surface area contributed by atoms with Crippen molar-refractivity contribution in [2.75, 3.05) is 4.90 Å². The average molecular weight is 762 g/mol. The zero-order valence-electron chi connectivity index (χ0n) is 33.7. The van der Waals surface area contributed by atoms with Gasteiger partial charge in [0.1, 0.15) is 23.0 Å². The Morgan fingerprint density at radius 3 is 1.27 bits per heavy atom. The number of rotatable bonds is 7. The van der Waals surface area contributed by atoms with Gasteiger partial charge in [0, 0.05) is 29.0 Å². The molecule has 0 N–H and O–H groups in total. The second kappa shape index (κ2) is 13.6. The van der Waals surface area contributed by atoms with Crippen molar-refractivity contribution in [2.24, 2.45) is 0 Å². The predicted molar refractivity (Wildman–Crippen MR) is 245 cm³/mol. The van der Waals surface area contributed by atoms with E-state index >= 15 is 0 Å². The van der Waals surface area contributed by atoms with Gasteiger partial charge in [-0.05, 0) is 83.4 Å². The quantitative estimate of drug-likeness (QED) is 0.151. The summed E-state index contributed by atoms with van der Waals surface area (Å²) in [6.45, 7) is 18.9. The van der Waals surface area contributed by atoms with Gasteiger partial charge in [-0.3, -0.25) is 0 Å². The third kappa shape index (κ3) is 6.41. The lowest BCUT2D eigenvalue weighted by molar-refractivity contribution is 0.465. The van der Waals surface area contributed by atoms with Crippen LogP contribution in [0.3, 0.4) is 0 Å². The fraction of sp³-hybridized carbons (Fsp3) is 0.160. The van der Waals surface area contributed by atoms with Crippen LogP contribution >= 0.6 is 0 Å². The van der Waals surface area contributed by atoms with E-state index in [9.17, 15) is 0 Å². The Morgan fingerprint density at radius 2 is 0.857 bits per heavy atom. The SMILES string of the molecule is Cc1ccc([Si](C)(C)C)c(-c2ccc3c(c2)Oc2cc(N(c4ccccc4)c4ccccc4)cc4c2B3c2ccc(-c3cc(C)ccc3[Si](C)(C)C)cc2O4)c1. The molecule has 2 aliphatic heterocycles. The summed E-state index contributed by atoms with van der Waals surface area (Å²) in [7, 11) is -3.28. The van der Waals surface area contributed by atoms with Crippen LogP contribution in [0.4, 0.5) is 17.1 Å². The van der Waals surface area contributed by atoms with Crippen LogP contribution in [0.25, 0.3) is 22.3 Å². The maximum absolute atomic E-state index is 7.09. The molecule has 7 aromatic rings. The van der Waals surface area contributed by atoms with Crippen molar-refractivity contribution in [1.29, 1.82) is 0 Å². The van der Waals surface area contributed by atoms with Gasteiger partial charge in [0.25, 0.3) is 6.71 Å². The zero-order valence-corrected chi connectivity index (χ0v) is 35.7. The van der Waals surface area contributed by atoms with Gasteiger partial charge in [0.15, 0.2) is 0 Å². The Hall–Kier alpha value is -5.56. The molecule has 0 aliphatic carbocycles. The van der Waals surface area contributed by atoms with Crippen LogP contribution in [-0.4, -0.2) is 22.9 Å². The van der Waals surface area contributed by atoms with Crippen LogP contribution in [0.2, 0.25) is 39.3 Å². The summed E-state index contributed by atoms with van der Waals surface area (Å²) in [6.07, 6.45) is 0. The van der Waals surface area contributed by atoms with Gasteiger partial charge < -0.3 is 14.4 Å². The number of hydrogen-bond donors (Lipinski definition) is 0. The molecule has 0 saturated heterocycles. The lowest BCUT2D eigenvalue weighted by Crippen LogP contribution is -2.57. The van der Waals surface area contributed by atoms with E-state index in [-0.39, 0.29) is 6.71 Å². The van der Waals surface area contributed by atoms with Gasteiger partial charge in [-0.15, -0.1) is 0 Å². The second-order valence-electron chi connectivity index (χ2n) is 17.6. The monoisotopic (exact) mass is 761 g/mol. The van der Waals surface area contributed by atoms with E-state index in [1.54, 1.807) is 0 Å². The minimum absolute atomic E-state index is 0.0468. The minimum Gasteiger partial charge on any atom is -0.458 e. The number of hydrogen-bond acceptors (Lipinski definition) is 3. The Balaban J connectivity index is 1.26. The molecule has 0 spiro atoms. The molecule has 7 aromatic carbocycles. The van der Waals surface area contributed by atoms with E-state index in [1.165, 1.54) is 43.8 Å². The van der Waals surface area contributed by atoms with Crippen LogP contribution in [0.5, 0.6) is 23.0 Å². The molecule has 9 rings (SSSR count). The molecular formula is C50H48BNO2Si2. The molecule has 2 heterocycles. The van der Waals surface area contributed by atoms with Crippen LogP contribution < -0.4 is 41.1 Å². The van der Waals surface area contributed by atoms with Gasteiger partial charge in [0.2, 0.25) is 0 Å². The molecule has 6 heteroatoms. The van der Waals surface area contributed by atoms with Crippen LogP contribution in [0.15, 0.2) is 146 Å². The smallest absolute Gasteiger partial charge is 0.260 e. The Bertz CT molecular complexity index is 2470. The number of para-hydroxylation sites is 2. The highest BCUT2D eigenvalue weighted by atomic mass is 28.3. The number of ether oxygens (including phenoxy) is 2. The third-order valence-corrected chi connectivity index (χ3v) is 15.4. The first-order chi connectivity index (χ1) is 26.8. The fourth-order valence-corrected chi connectivity index (χ4v) is 11.9. The van der Waals surface area contributed by atoms with Crippen molar-refractivity contribution in [3.63, 3.8) is 0 Å². The van der Waals surface area contributed by atoms with Crippen molar-refractivity contribution in [2.45, 2.75) is 53.1 Å². The van der Waals surface area contributed by atoms with Gasteiger partial charge in [0.05, 0.1) is 21.8 Å². The maximum Gasteiger partial charge on any atom is 0.260 e. The number of benzene rings is 7. The maximum atomic E-state index is 7.09. The normalized spacial score (nSPS) is 12.9. The van der Waals surface area contributed by atoms with Gasteiger partial charge in [-0.1, -0.05) is 158 Å². The molecule has 0 unspecified atom stereocenters. The fourth-order valence-electron chi connectivity index (χ4n) is 8.65. The number of nitrogens with zero attached hydrogens (tertiary/aromatic N) is 1. The summed E-state index contributed by atoms with van der Waals surface area (Å²) in [4.78, 5) is 2.29. The summed E-state index contributed by atoms with van der Waals surface area (Å²) in [6, 6.07) is 53.2. The highest BCUT2D eigenvalue weighted by molar-refractivity contribution is 6.98. The van der Waals surface area contributed by atoms with Crippen LogP contribution in [0.1, 0.15) is 11.1 Å². The van der Waals surface area contributed by atoms with Crippen molar-refractivity contribution in [3.05, 3.63) is 157 Å². The minimum atomic E-state index is -1.64. The largest absolute Gasteiger partial charge is 0.458 e. The third-order valence-electron chi connectivity index (χ3n) is 11.3. The summed E-state index contributed by atoms with van der Waals surface area (Å²) < 4.78 is 14.2. The van der Waals surface area contributed by atoms with E-state index in [4.69, 9.17) is 9.47 Å². The van der Waals surface area contributed by atoms with Crippen molar-refractivity contribution in [3.8, 4) is 45.3 Å². The summed E-state index contributed by atoms with van der Waals surface area (Å²) in [5, 5.41) is 2.92. The number of aryl methyl sites for hydroxylation is 2. The molecule has 0 aromatic heterocycles. The van der Waals surface area contributed by atoms with Crippen LogP contribution in [0, 0.1) is 13.8 Å². The van der Waals surface area contributed by atoms with Gasteiger partial charge in [-0.25, -0.2) is 0 Å². The van der Waals surface area contributed by atoms with Crippen LogP contribution in [-0.2, 0) is 0 Å². The van der Waals surface area contributed by atoms with E-state index in [2.05, 4.69) is 204 Å². The Morgan fingerprint density at radius 1 is 0.429 bits per heavy atom. The Labute approximate surface area is 334 Å². The van der Waals surface area contributed by atoms with Gasteiger partial charge >= 0.3 is 0 Å². The van der Waals surface area contributed by atoms with Crippen molar-refractivity contribution in [1.82, 2.24) is 0 Å². The molecular weight excluding hydrogens is 714 g/mol. The first-order valence-electron chi connectivity index (χ1n) is 19.8. The molecule has 0 atom stereocenters. The number of anilines is 3. The van der Waals surface area contributed by atoms with Crippen molar-refractivity contribution >= 4 is 66.7 Å². The first-order valence-corrected chi connectivity index (χ1v) is 26.8. The number of fused-ring (bicyclic) bond motifs is 4. The first kappa shape index (κ1) is 36.1. The molecule has 0 saturated carbocycles. The second-order valence-corrected chi connectivity index (χ2v) is 27.7. The van der Waals surface area contributed by atoms with E-state index in [0.717, 1.165) is 56.4 Å². The van der Waals surface area contributed by atoms with Crippen molar-refractivity contribution < 1.29 is 9.47 Å². The molecule has 276 valence electrons. The average Bonchev–Trinajstić information content (AvgIpc) is 3.17. The molecule has 0 radical (unpaired) electrons. The zero-order chi connectivity index (χ0) is 38.9. The highest BCUT2D eigenvalue weighted by Crippen LogP contribution is 2.43. The van der Waals surface area contributed by atoms with E-state index in [1.807, 2.05) is 0 Å². The van der Waals surface area contributed by atoms with E-state index in [0.29, 0.717) is 0 Å². The topological polar surface area (TPSA) is 21.7 Å². The molecule has 3 nitrogen and oxygen atoms in total. The molecule has 0 fully saturated rings. The summed E-state index contributed by atoms with van der Waals surface area (Å²) >= 11 is 0. The standard InChI is InChI=1S/C50H48BNO2Si2/c1-33-19-25-48(55(3,4)5)40(27-33)35-21-23-42-44(29-35)53-46-31-39(52(37-15-11-9-12-16-37)38-17-13-10-14-18-38)32-47-50(46)51(42)43-24-22-36(30-45(43)54-47)41-28-34(2)20-26-49(41)56(6,7)8/h9-32H,1-8H3. The molecule has 0 bridgehead atoms. The molecule has 56 heavy (non-hydrogen) atoms. The van der Waals surface area contributed by atoms with E-state index < -0.39 is 16.1 Å². The molecule has 2 aliphatic rings. The Kier molecular flexibility index (Phi) is 8.75. The predicted octanol–water partition coefficient (Wildman–Crippen LogP) is 10.9. The lowest BCUT2D eigenvalue weighted by Gasteiger charge is -2.35. The summed E-state index contributed by atoms with van der Waals surface area (Å²) in [5.41, 5.74) is 14.1. The lowest BCUT2D eigenvalue weighted by atomic mass is 9.34. The highest BCUT2D eigenvalue weighted by Gasteiger charge is 2.41. The van der Waals surface area contributed by atoms with Gasteiger partial charge in [-0.2, -0.15) is 0 Å². The summed E-state index contributed by atoms with van der Waals surface area (Å²) in [5.74, 6) is 3.45. The molecule has 0 amide bonds.